The number of rotatable bonds is 8. The number of hydrogen-bond donors (Lipinski definition) is 2. The van der Waals surface area contributed by atoms with Crippen LogP contribution in [0.3, 0.4) is 0 Å². The molecule has 0 aromatic carbocycles. The number of hydrogen-bond acceptors (Lipinski definition) is 6. The number of carbonyl (C=O) groups is 1. The first-order valence-corrected chi connectivity index (χ1v) is 5.60. The number of carboxylic acids is 1. The van der Waals surface area contributed by atoms with Crippen molar-refractivity contribution in [2.45, 2.75) is 19.4 Å². The molecule has 0 saturated carbocycles. The van der Waals surface area contributed by atoms with Gasteiger partial charge in [0.15, 0.2) is 0 Å². The Morgan fingerprint density at radius 1 is 1.56 bits per heavy atom. The first-order chi connectivity index (χ1) is 8.67. The highest BCUT2D eigenvalue weighted by Gasteiger charge is 2.17. The molecule has 0 spiro atoms. The molecule has 1 aromatic heterocycles. The monoisotopic (exact) mass is 255 g/mol. The maximum absolute atomic E-state index is 10.9. The minimum Gasteiger partial charge on any atom is -0.480 e. The molecule has 2 N–H and O–H groups in total. The van der Waals surface area contributed by atoms with Gasteiger partial charge in [-0.2, -0.15) is 0 Å². The van der Waals surface area contributed by atoms with Crippen molar-refractivity contribution in [2.75, 3.05) is 25.6 Å². The van der Waals surface area contributed by atoms with Crippen molar-refractivity contribution in [1.29, 1.82) is 0 Å². The molecule has 100 valence electrons. The molecule has 0 radical (unpaired) electrons. The molecule has 1 heterocycles. The lowest BCUT2D eigenvalue weighted by Gasteiger charge is -2.14. The zero-order chi connectivity index (χ0) is 13.4. The lowest BCUT2D eigenvalue weighted by molar-refractivity contribution is -0.139. The average Bonchev–Trinajstić information content (AvgIpc) is 2.36. The molecule has 0 bridgehead atoms. The molecule has 1 atom stereocenters. The molecular weight excluding hydrogens is 238 g/mol. The van der Waals surface area contributed by atoms with Gasteiger partial charge in [-0.3, -0.25) is 0 Å². The zero-order valence-corrected chi connectivity index (χ0v) is 10.4. The second kappa shape index (κ2) is 7.44. The van der Waals surface area contributed by atoms with Crippen molar-refractivity contribution < 1.29 is 19.4 Å². The molecule has 7 heteroatoms. The van der Waals surface area contributed by atoms with Gasteiger partial charge < -0.3 is 19.9 Å². The van der Waals surface area contributed by atoms with E-state index < -0.39 is 12.0 Å². The second-order valence-electron chi connectivity index (χ2n) is 3.58. The van der Waals surface area contributed by atoms with Crippen LogP contribution < -0.4 is 10.1 Å². The van der Waals surface area contributed by atoms with Gasteiger partial charge in [-0.25, -0.2) is 14.8 Å². The van der Waals surface area contributed by atoms with E-state index >= 15 is 0 Å². The molecule has 0 amide bonds. The van der Waals surface area contributed by atoms with Crippen molar-refractivity contribution >= 4 is 11.8 Å². The van der Waals surface area contributed by atoms with Crippen LogP contribution in [0.5, 0.6) is 5.88 Å². The fourth-order valence-corrected chi connectivity index (χ4v) is 1.22. The summed E-state index contributed by atoms with van der Waals surface area (Å²) in [6.45, 7) is 2.58. The van der Waals surface area contributed by atoms with E-state index in [-0.39, 0.29) is 6.61 Å². The predicted molar refractivity (Wildman–Crippen MR) is 64.7 cm³/mol. The van der Waals surface area contributed by atoms with Gasteiger partial charge in [-0.1, -0.05) is 6.92 Å². The standard InChI is InChI=1S/C11H17N3O4/c1-3-4-18-10-5-9(12-7-13-10)14-8(6-17-2)11(15)16/h5,7-8H,3-4,6H2,1-2H3,(H,15,16)(H,12,13,14). The summed E-state index contributed by atoms with van der Waals surface area (Å²) >= 11 is 0. The summed E-state index contributed by atoms with van der Waals surface area (Å²) in [5.41, 5.74) is 0. The van der Waals surface area contributed by atoms with E-state index in [9.17, 15) is 4.79 Å². The van der Waals surface area contributed by atoms with Crippen LogP contribution >= 0.6 is 0 Å². The average molecular weight is 255 g/mol. The molecule has 1 rings (SSSR count). The van der Waals surface area contributed by atoms with Gasteiger partial charge in [0.25, 0.3) is 0 Å². The Hall–Kier alpha value is -1.89. The van der Waals surface area contributed by atoms with Crippen LogP contribution in [0.2, 0.25) is 0 Å². The number of carboxylic acid groups (broad SMARTS) is 1. The smallest absolute Gasteiger partial charge is 0.328 e. The summed E-state index contributed by atoms with van der Waals surface area (Å²) in [6, 6.07) is 0.699. The van der Waals surface area contributed by atoms with Gasteiger partial charge in [0.05, 0.1) is 13.2 Å². The Balaban J connectivity index is 2.67. The van der Waals surface area contributed by atoms with Crippen molar-refractivity contribution in [3.05, 3.63) is 12.4 Å². The van der Waals surface area contributed by atoms with Gasteiger partial charge in [-0.05, 0) is 6.42 Å². The van der Waals surface area contributed by atoms with E-state index in [1.807, 2.05) is 6.92 Å². The normalized spacial score (nSPS) is 11.9. The van der Waals surface area contributed by atoms with Gasteiger partial charge >= 0.3 is 5.97 Å². The Morgan fingerprint density at radius 2 is 2.33 bits per heavy atom. The van der Waals surface area contributed by atoms with Crippen LogP contribution in [0.1, 0.15) is 13.3 Å². The number of ether oxygens (including phenoxy) is 2. The molecule has 0 fully saturated rings. The Labute approximate surface area is 105 Å². The molecule has 1 aromatic rings. The molecular formula is C11H17N3O4. The highest BCUT2D eigenvalue weighted by molar-refractivity contribution is 5.77. The van der Waals surface area contributed by atoms with E-state index in [4.69, 9.17) is 14.6 Å². The summed E-state index contributed by atoms with van der Waals surface area (Å²) in [5.74, 6) is -0.206. The maximum atomic E-state index is 10.9. The van der Waals surface area contributed by atoms with Crippen LogP contribution in [0, 0.1) is 0 Å². The summed E-state index contributed by atoms with van der Waals surface area (Å²) in [6.07, 6.45) is 2.19. The van der Waals surface area contributed by atoms with Crippen molar-refractivity contribution in [1.82, 2.24) is 9.97 Å². The fraction of sp³-hybridized carbons (Fsp3) is 0.545. The minimum atomic E-state index is -1.01. The van der Waals surface area contributed by atoms with Crippen molar-refractivity contribution in [2.24, 2.45) is 0 Å². The van der Waals surface area contributed by atoms with E-state index in [0.29, 0.717) is 18.3 Å². The third-order valence-corrected chi connectivity index (χ3v) is 2.05. The lowest BCUT2D eigenvalue weighted by atomic mass is 10.3. The van der Waals surface area contributed by atoms with Gasteiger partial charge in [0, 0.05) is 13.2 Å². The highest BCUT2D eigenvalue weighted by Crippen LogP contribution is 2.12. The first-order valence-electron chi connectivity index (χ1n) is 5.60. The van der Waals surface area contributed by atoms with Gasteiger partial charge in [-0.15, -0.1) is 0 Å². The quantitative estimate of drug-likeness (QED) is 0.708. The summed E-state index contributed by atoms with van der Waals surface area (Å²) in [4.78, 5) is 18.8. The molecule has 0 saturated heterocycles. The Morgan fingerprint density at radius 3 is 2.94 bits per heavy atom. The Bertz CT molecular complexity index is 386. The number of methoxy groups -OCH3 is 1. The third kappa shape index (κ3) is 4.54. The van der Waals surface area contributed by atoms with Crippen LogP contribution in [-0.2, 0) is 9.53 Å². The van der Waals surface area contributed by atoms with E-state index in [0.717, 1.165) is 6.42 Å². The third-order valence-electron chi connectivity index (χ3n) is 2.05. The molecule has 0 aliphatic carbocycles. The molecule has 0 aliphatic rings. The first kappa shape index (κ1) is 14.2. The van der Waals surface area contributed by atoms with Gasteiger partial charge in [0.2, 0.25) is 5.88 Å². The molecule has 1 unspecified atom stereocenters. The van der Waals surface area contributed by atoms with Crippen LogP contribution in [-0.4, -0.2) is 47.4 Å². The summed E-state index contributed by atoms with van der Waals surface area (Å²) in [5, 5.41) is 11.7. The minimum absolute atomic E-state index is 0.0461. The zero-order valence-electron chi connectivity index (χ0n) is 10.4. The van der Waals surface area contributed by atoms with Crippen LogP contribution in [0.4, 0.5) is 5.82 Å². The number of anilines is 1. The summed E-state index contributed by atoms with van der Waals surface area (Å²) in [7, 11) is 1.44. The van der Waals surface area contributed by atoms with Crippen LogP contribution in [0.25, 0.3) is 0 Å². The molecule has 7 nitrogen and oxygen atoms in total. The second-order valence-corrected chi connectivity index (χ2v) is 3.58. The number of aromatic nitrogens is 2. The predicted octanol–water partition coefficient (Wildman–Crippen LogP) is 0.777. The molecule has 18 heavy (non-hydrogen) atoms. The Kier molecular flexibility index (Phi) is 5.86. The van der Waals surface area contributed by atoms with E-state index in [2.05, 4.69) is 15.3 Å². The van der Waals surface area contributed by atoms with Crippen LogP contribution in [0.15, 0.2) is 12.4 Å². The topological polar surface area (TPSA) is 93.6 Å². The van der Waals surface area contributed by atoms with E-state index in [1.54, 1.807) is 6.07 Å². The maximum Gasteiger partial charge on any atom is 0.328 e. The summed E-state index contributed by atoms with van der Waals surface area (Å²) < 4.78 is 10.1. The fourth-order valence-electron chi connectivity index (χ4n) is 1.22. The van der Waals surface area contributed by atoms with E-state index in [1.165, 1.54) is 13.4 Å². The van der Waals surface area contributed by atoms with Gasteiger partial charge in [0.1, 0.15) is 18.2 Å². The van der Waals surface area contributed by atoms with Crippen molar-refractivity contribution in [3.63, 3.8) is 0 Å². The molecule has 0 aliphatic heterocycles. The lowest BCUT2D eigenvalue weighted by Crippen LogP contribution is -2.33. The number of nitrogens with one attached hydrogen (secondary N) is 1. The van der Waals surface area contributed by atoms with Crippen molar-refractivity contribution in [3.8, 4) is 5.88 Å². The number of nitrogens with zero attached hydrogens (tertiary/aromatic N) is 2. The SMILES string of the molecule is CCCOc1cc(NC(COC)C(=O)O)ncn1. The number of aliphatic carboxylic acids is 1. The highest BCUT2D eigenvalue weighted by atomic mass is 16.5. The largest absolute Gasteiger partial charge is 0.480 e.